The van der Waals surface area contributed by atoms with Crippen LogP contribution in [0.5, 0.6) is 0 Å². The first-order valence-electron chi connectivity index (χ1n) is 8.59. The maximum absolute atomic E-state index is 10.9. The number of para-hydroxylation sites is 1. The van der Waals surface area contributed by atoms with Crippen LogP contribution >= 0.6 is 0 Å². The lowest BCUT2D eigenvalue weighted by Crippen LogP contribution is -2.12. The molecule has 0 saturated carbocycles. The predicted molar refractivity (Wildman–Crippen MR) is 101 cm³/mol. The number of nitrogens with two attached hydrogens (primary N) is 1. The van der Waals surface area contributed by atoms with Gasteiger partial charge in [0.15, 0.2) is 0 Å². The smallest absolute Gasteiger partial charge is 0.217 e. The van der Waals surface area contributed by atoms with Crippen LogP contribution in [0.4, 0.5) is 0 Å². The van der Waals surface area contributed by atoms with Gasteiger partial charge in [-0.1, -0.05) is 18.2 Å². The van der Waals surface area contributed by atoms with Gasteiger partial charge in [0.25, 0.3) is 0 Å². The van der Waals surface area contributed by atoms with E-state index in [0.717, 1.165) is 38.8 Å². The molecule has 0 atom stereocenters. The van der Waals surface area contributed by atoms with Crippen molar-refractivity contribution >= 4 is 27.8 Å². The number of primary amides is 1. The van der Waals surface area contributed by atoms with Crippen LogP contribution < -0.4 is 5.73 Å². The molecule has 0 unspecified atom stereocenters. The van der Waals surface area contributed by atoms with Gasteiger partial charge in [0, 0.05) is 30.1 Å². The lowest BCUT2D eigenvalue weighted by atomic mass is 10.0. The van der Waals surface area contributed by atoms with Crippen LogP contribution in [0.25, 0.3) is 33.2 Å². The number of hydrogen-bond donors (Lipinski definition) is 1. The highest BCUT2D eigenvalue weighted by molar-refractivity contribution is 5.94. The average molecular weight is 345 g/mol. The number of benzene rings is 1. The van der Waals surface area contributed by atoms with E-state index in [0.29, 0.717) is 19.4 Å². The van der Waals surface area contributed by atoms with E-state index in [9.17, 15) is 4.79 Å². The number of carbonyl (C=O) groups is 1. The third kappa shape index (κ3) is 2.90. The fourth-order valence-corrected chi connectivity index (χ4v) is 3.33. The molecule has 1 amide bonds. The summed E-state index contributed by atoms with van der Waals surface area (Å²) in [5, 5.41) is 5.52. The van der Waals surface area contributed by atoms with E-state index in [1.165, 1.54) is 0 Å². The summed E-state index contributed by atoms with van der Waals surface area (Å²) in [4.78, 5) is 20.2. The van der Waals surface area contributed by atoms with E-state index >= 15 is 0 Å². The fraction of sp³-hybridized carbons (Fsp3) is 0.200. The van der Waals surface area contributed by atoms with Crippen LogP contribution in [0.1, 0.15) is 18.4 Å². The molecule has 4 aromatic rings. The lowest BCUT2D eigenvalue weighted by molar-refractivity contribution is -0.118. The Morgan fingerprint density at radius 3 is 2.88 bits per heavy atom. The number of aryl methyl sites for hydroxylation is 2. The van der Waals surface area contributed by atoms with Crippen LogP contribution in [0.2, 0.25) is 0 Å². The topological polar surface area (TPSA) is 86.7 Å². The van der Waals surface area contributed by atoms with Crippen LogP contribution in [-0.2, 0) is 11.3 Å². The molecule has 1 aromatic carbocycles. The molecule has 0 aliphatic heterocycles. The molecule has 0 spiro atoms. The first kappa shape index (κ1) is 16.2. The SMILES string of the molecule is Cc1cc(-c2ccnc3ccccc23)nc2cnn(CCCC(N)=O)c12. The van der Waals surface area contributed by atoms with Crippen molar-refractivity contribution in [1.29, 1.82) is 0 Å². The molecule has 6 nitrogen and oxygen atoms in total. The van der Waals surface area contributed by atoms with Gasteiger partial charge in [0.1, 0.15) is 5.52 Å². The zero-order valence-electron chi connectivity index (χ0n) is 14.5. The van der Waals surface area contributed by atoms with Gasteiger partial charge in [-0.2, -0.15) is 5.10 Å². The Balaban J connectivity index is 1.77. The number of fused-ring (bicyclic) bond motifs is 2. The number of aromatic nitrogens is 4. The molecule has 0 aliphatic carbocycles. The van der Waals surface area contributed by atoms with Crippen molar-refractivity contribution < 1.29 is 4.79 Å². The summed E-state index contributed by atoms with van der Waals surface area (Å²) in [6.07, 6.45) is 4.61. The second-order valence-electron chi connectivity index (χ2n) is 6.37. The minimum absolute atomic E-state index is 0.289. The Kier molecular flexibility index (Phi) is 4.08. The summed E-state index contributed by atoms with van der Waals surface area (Å²) in [5.74, 6) is -0.289. The second kappa shape index (κ2) is 6.55. The van der Waals surface area contributed by atoms with Gasteiger partial charge in [-0.15, -0.1) is 0 Å². The molecule has 26 heavy (non-hydrogen) atoms. The maximum atomic E-state index is 10.9. The number of nitrogens with zero attached hydrogens (tertiary/aromatic N) is 4. The quantitative estimate of drug-likeness (QED) is 0.602. The Morgan fingerprint density at radius 1 is 1.19 bits per heavy atom. The summed E-state index contributed by atoms with van der Waals surface area (Å²) >= 11 is 0. The van der Waals surface area contributed by atoms with Gasteiger partial charge in [0.2, 0.25) is 5.91 Å². The Bertz CT molecular complexity index is 1110. The van der Waals surface area contributed by atoms with Gasteiger partial charge >= 0.3 is 0 Å². The van der Waals surface area contributed by atoms with Crippen molar-refractivity contribution in [2.75, 3.05) is 0 Å². The van der Waals surface area contributed by atoms with Gasteiger partial charge in [-0.05, 0) is 37.1 Å². The molecule has 4 rings (SSSR count). The van der Waals surface area contributed by atoms with Crippen LogP contribution in [-0.4, -0.2) is 25.7 Å². The Hall–Kier alpha value is -3.28. The molecule has 2 N–H and O–H groups in total. The number of carbonyl (C=O) groups excluding carboxylic acids is 1. The number of pyridine rings is 2. The van der Waals surface area contributed by atoms with Crippen molar-refractivity contribution in [2.24, 2.45) is 5.73 Å². The highest BCUT2D eigenvalue weighted by Gasteiger charge is 2.12. The molecular weight excluding hydrogens is 326 g/mol. The molecule has 130 valence electrons. The van der Waals surface area contributed by atoms with Crippen LogP contribution in [0, 0.1) is 6.92 Å². The summed E-state index contributed by atoms with van der Waals surface area (Å²) in [7, 11) is 0. The van der Waals surface area contributed by atoms with E-state index in [1.807, 2.05) is 35.1 Å². The molecular formula is C20H19N5O. The normalized spacial score (nSPS) is 11.3. The molecule has 0 fully saturated rings. The van der Waals surface area contributed by atoms with E-state index in [1.54, 1.807) is 6.20 Å². The summed E-state index contributed by atoms with van der Waals surface area (Å²) in [6.45, 7) is 2.70. The van der Waals surface area contributed by atoms with Crippen molar-refractivity contribution in [3.63, 3.8) is 0 Å². The molecule has 0 saturated heterocycles. The first-order valence-corrected chi connectivity index (χ1v) is 8.59. The summed E-state index contributed by atoms with van der Waals surface area (Å²) in [5.41, 5.74) is 11.1. The molecule has 3 heterocycles. The van der Waals surface area contributed by atoms with Crippen molar-refractivity contribution in [3.8, 4) is 11.3 Å². The minimum atomic E-state index is -0.289. The van der Waals surface area contributed by atoms with Gasteiger partial charge < -0.3 is 5.73 Å². The number of rotatable bonds is 5. The van der Waals surface area contributed by atoms with Gasteiger partial charge in [-0.3, -0.25) is 14.5 Å². The second-order valence-corrected chi connectivity index (χ2v) is 6.37. The zero-order valence-corrected chi connectivity index (χ0v) is 14.5. The van der Waals surface area contributed by atoms with Gasteiger partial charge in [0.05, 0.1) is 22.9 Å². The average Bonchev–Trinajstić information content (AvgIpc) is 3.04. The maximum Gasteiger partial charge on any atom is 0.217 e. The van der Waals surface area contributed by atoms with Crippen LogP contribution in [0.15, 0.2) is 48.8 Å². The largest absolute Gasteiger partial charge is 0.370 e. The predicted octanol–water partition coefficient (Wildman–Crippen LogP) is 3.22. The minimum Gasteiger partial charge on any atom is -0.370 e. The van der Waals surface area contributed by atoms with E-state index in [2.05, 4.69) is 29.1 Å². The van der Waals surface area contributed by atoms with Crippen molar-refractivity contribution in [3.05, 3.63) is 54.4 Å². The van der Waals surface area contributed by atoms with E-state index in [-0.39, 0.29) is 5.91 Å². The monoisotopic (exact) mass is 345 g/mol. The van der Waals surface area contributed by atoms with Crippen molar-refractivity contribution in [1.82, 2.24) is 19.7 Å². The third-order valence-electron chi connectivity index (χ3n) is 4.51. The number of hydrogen-bond acceptors (Lipinski definition) is 4. The van der Waals surface area contributed by atoms with E-state index < -0.39 is 0 Å². The Labute approximate surface area is 150 Å². The Morgan fingerprint density at radius 2 is 2.04 bits per heavy atom. The highest BCUT2D eigenvalue weighted by atomic mass is 16.1. The highest BCUT2D eigenvalue weighted by Crippen LogP contribution is 2.29. The van der Waals surface area contributed by atoms with Gasteiger partial charge in [-0.25, -0.2) is 4.98 Å². The fourth-order valence-electron chi connectivity index (χ4n) is 3.33. The summed E-state index contributed by atoms with van der Waals surface area (Å²) < 4.78 is 1.90. The van der Waals surface area contributed by atoms with E-state index in [4.69, 9.17) is 10.7 Å². The molecule has 6 heteroatoms. The lowest BCUT2D eigenvalue weighted by Gasteiger charge is -2.09. The molecule has 0 aliphatic rings. The van der Waals surface area contributed by atoms with Crippen molar-refractivity contribution in [2.45, 2.75) is 26.3 Å². The third-order valence-corrected chi connectivity index (χ3v) is 4.51. The summed E-state index contributed by atoms with van der Waals surface area (Å²) in [6, 6.07) is 12.1. The number of amides is 1. The first-order chi connectivity index (χ1) is 12.6. The standard InChI is InChI=1S/C20H19N5O/c1-13-11-17(15-8-9-22-16-6-3-2-5-14(15)16)24-18-12-23-25(20(13)18)10-4-7-19(21)26/h2-3,5-6,8-9,11-12H,4,7,10H2,1H3,(H2,21,26). The molecule has 3 aromatic heterocycles. The molecule has 0 radical (unpaired) electrons. The zero-order chi connectivity index (χ0) is 18.1. The van der Waals surface area contributed by atoms with Crippen LogP contribution in [0.3, 0.4) is 0 Å². The molecule has 0 bridgehead atoms.